The molecule has 0 spiro atoms. The average molecular weight is 274 g/mol. The number of carbonyl (C=O) groups is 2. The predicted octanol–water partition coefficient (Wildman–Crippen LogP) is 2.10. The number of aryl methyl sites for hydroxylation is 2. The van der Waals surface area contributed by atoms with Gasteiger partial charge in [-0.05, 0) is 44.0 Å². The highest BCUT2D eigenvalue weighted by Crippen LogP contribution is 2.21. The molecule has 0 saturated carbocycles. The van der Waals surface area contributed by atoms with E-state index >= 15 is 0 Å². The molecule has 0 aliphatic carbocycles. The summed E-state index contributed by atoms with van der Waals surface area (Å²) in [7, 11) is 1.86. The van der Waals surface area contributed by atoms with Gasteiger partial charge in [0, 0.05) is 19.4 Å². The van der Waals surface area contributed by atoms with Crippen molar-refractivity contribution in [3.63, 3.8) is 0 Å². The Morgan fingerprint density at radius 2 is 1.80 bits per heavy atom. The van der Waals surface area contributed by atoms with Crippen LogP contribution >= 0.6 is 0 Å². The van der Waals surface area contributed by atoms with Crippen molar-refractivity contribution in [2.45, 2.75) is 39.2 Å². The van der Waals surface area contributed by atoms with Crippen molar-refractivity contribution in [2.24, 2.45) is 0 Å². The van der Waals surface area contributed by atoms with Crippen LogP contribution in [0.4, 0.5) is 0 Å². The highest BCUT2D eigenvalue weighted by molar-refractivity contribution is 5.97. The molecule has 108 valence electrons. The van der Waals surface area contributed by atoms with Crippen LogP contribution in [-0.2, 0) is 9.59 Å². The highest BCUT2D eigenvalue weighted by atomic mass is 16.2. The number of piperidine rings is 1. The number of amides is 2. The van der Waals surface area contributed by atoms with E-state index in [1.807, 2.05) is 7.05 Å². The second-order valence-electron chi connectivity index (χ2n) is 5.44. The summed E-state index contributed by atoms with van der Waals surface area (Å²) in [5.41, 5.74) is 3.58. The van der Waals surface area contributed by atoms with Crippen LogP contribution in [0.2, 0.25) is 0 Å². The fourth-order valence-electron chi connectivity index (χ4n) is 2.53. The van der Waals surface area contributed by atoms with E-state index in [4.69, 9.17) is 0 Å². The summed E-state index contributed by atoms with van der Waals surface area (Å²) in [6.45, 7) is 4.56. The van der Waals surface area contributed by atoms with Gasteiger partial charge < -0.3 is 5.32 Å². The molecular weight excluding hydrogens is 252 g/mol. The maximum absolute atomic E-state index is 11.9. The molecule has 0 radical (unpaired) electrons. The van der Waals surface area contributed by atoms with Crippen molar-refractivity contribution in [3.05, 3.63) is 34.9 Å². The third kappa shape index (κ3) is 3.07. The smallest absolute Gasteiger partial charge is 0.229 e. The van der Waals surface area contributed by atoms with E-state index in [0.29, 0.717) is 25.8 Å². The largest absolute Gasteiger partial charge is 0.312 e. The number of rotatable bonds is 4. The standard InChI is InChI=1S/C16H22N2O2/c1-11-7-8-13(9-12(11)2)14(17-3)10-18-15(19)5-4-6-16(18)20/h7-9,14,17H,4-6,10H2,1-3H3. The highest BCUT2D eigenvalue weighted by Gasteiger charge is 2.28. The van der Waals surface area contributed by atoms with Gasteiger partial charge in [0.25, 0.3) is 0 Å². The first kappa shape index (κ1) is 14.7. The quantitative estimate of drug-likeness (QED) is 0.855. The number of nitrogens with zero attached hydrogens (tertiary/aromatic N) is 1. The van der Waals surface area contributed by atoms with E-state index in [2.05, 4.69) is 37.4 Å². The normalized spacial score (nSPS) is 17.4. The number of likely N-dealkylation sites (N-methyl/N-ethyl adjacent to an activating group) is 1. The lowest BCUT2D eigenvalue weighted by Gasteiger charge is -2.29. The minimum atomic E-state index is -0.0506. The Morgan fingerprint density at radius 1 is 1.15 bits per heavy atom. The topological polar surface area (TPSA) is 49.4 Å². The zero-order chi connectivity index (χ0) is 14.7. The maximum Gasteiger partial charge on any atom is 0.229 e. The van der Waals surface area contributed by atoms with Crippen molar-refractivity contribution in [2.75, 3.05) is 13.6 Å². The van der Waals surface area contributed by atoms with Gasteiger partial charge in [-0.3, -0.25) is 14.5 Å². The molecular formula is C16H22N2O2. The van der Waals surface area contributed by atoms with E-state index < -0.39 is 0 Å². The van der Waals surface area contributed by atoms with Crippen molar-refractivity contribution in [3.8, 4) is 0 Å². The first-order chi connectivity index (χ1) is 9.52. The Balaban J connectivity index is 2.17. The van der Waals surface area contributed by atoms with Gasteiger partial charge in [0.2, 0.25) is 11.8 Å². The fraction of sp³-hybridized carbons (Fsp3) is 0.500. The fourth-order valence-corrected chi connectivity index (χ4v) is 2.53. The molecule has 1 aliphatic heterocycles. The van der Waals surface area contributed by atoms with Crippen LogP contribution in [0.5, 0.6) is 0 Å². The molecule has 1 atom stereocenters. The number of imide groups is 1. The van der Waals surface area contributed by atoms with Crippen LogP contribution in [0.25, 0.3) is 0 Å². The first-order valence-corrected chi connectivity index (χ1v) is 7.10. The van der Waals surface area contributed by atoms with Gasteiger partial charge in [0.05, 0.1) is 6.04 Å². The molecule has 0 aromatic heterocycles. The molecule has 4 heteroatoms. The average Bonchev–Trinajstić information content (AvgIpc) is 2.42. The molecule has 2 rings (SSSR count). The lowest BCUT2D eigenvalue weighted by molar-refractivity contribution is -0.148. The van der Waals surface area contributed by atoms with Gasteiger partial charge >= 0.3 is 0 Å². The molecule has 4 nitrogen and oxygen atoms in total. The monoisotopic (exact) mass is 274 g/mol. The van der Waals surface area contributed by atoms with Crippen LogP contribution in [-0.4, -0.2) is 30.3 Å². The lowest BCUT2D eigenvalue weighted by Crippen LogP contribution is -2.44. The Morgan fingerprint density at radius 3 is 2.35 bits per heavy atom. The van der Waals surface area contributed by atoms with Gasteiger partial charge in [0.15, 0.2) is 0 Å². The van der Waals surface area contributed by atoms with Gasteiger partial charge in [0.1, 0.15) is 0 Å². The molecule has 1 aromatic rings. The molecule has 1 fully saturated rings. The molecule has 1 N–H and O–H groups in total. The van der Waals surface area contributed by atoms with Crippen LogP contribution in [0.1, 0.15) is 42.0 Å². The van der Waals surface area contributed by atoms with Crippen LogP contribution < -0.4 is 5.32 Å². The number of carbonyl (C=O) groups excluding carboxylic acids is 2. The molecule has 1 aliphatic rings. The van der Waals surface area contributed by atoms with E-state index in [9.17, 15) is 9.59 Å². The lowest BCUT2D eigenvalue weighted by atomic mass is 9.99. The number of nitrogens with one attached hydrogen (secondary N) is 1. The van der Waals surface area contributed by atoms with Gasteiger partial charge in [-0.2, -0.15) is 0 Å². The molecule has 1 heterocycles. The second kappa shape index (κ2) is 6.18. The van der Waals surface area contributed by atoms with Crippen LogP contribution in [0.3, 0.4) is 0 Å². The van der Waals surface area contributed by atoms with Crippen LogP contribution in [0.15, 0.2) is 18.2 Å². The molecule has 20 heavy (non-hydrogen) atoms. The summed E-state index contributed by atoms with van der Waals surface area (Å²) in [4.78, 5) is 25.2. The predicted molar refractivity (Wildman–Crippen MR) is 78.3 cm³/mol. The molecule has 1 unspecified atom stereocenters. The van der Waals surface area contributed by atoms with E-state index in [-0.39, 0.29) is 17.9 Å². The SMILES string of the molecule is CNC(CN1C(=O)CCCC1=O)c1ccc(C)c(C)c1. The van der Waals surface area contributed by atoms with Gasteiger partial charge in [-0.15, -0.1) is 0 Å². The summed E-state index contributed by atoms with van der Waals surface area (Å²) < 4.78 is 0. The van der Waals surface area contributed by atoms with Crippen molar-refractivity contribution >= 4 is 11.8 Å². The van der Waals surface area contributed by atoms with Gasteiger partial charge in [-0.25, -0.2) is 0 Å². The number of likely N-dealkylation sites (tertiary alicyclic amines) is 1. The summed E-state index contributed by atoms with van der Waals surface area (Å²) in [6.07, 6.45) is 1.65. The minimum absolute atomic E-state index is 0.0136. The molecule has 1 aromatic carbocycles. The van der Waals surface area contributed by atoms with Crippen molar-refractivity contribution in [1.29, 1.82) is 0 Å². The third-order valence-electron chi connectivity index (χ3n) is 4.03. The van der Waals surface area contributed by atoms with Crippen LogP contribution in [0, 0.1) is 13.8 Å². The first-order valence-electron chi connectivity index (χ1n) is 7.10. The Labute approximate surface area is 120 Å². The Hall–Kier alpha value is -1.68. The Kier molecular flexibility index (Phi) is 4.55. The van der Waals surface area contributed by atoms with Crippen molar-refractivity contribution < 1.29 is 9.59 Å². The summed E-state index contributed by atoms with van der Waals surface area (Å²) in [5, 5.41) is 3.21. The number of benzene rings is 1. The van der Waals surface area contributed by atoms with E-state index in [0.717, 1.165) is 5.56 Å². The zero-order valence-electron chi connectivity index (χ0n) is 12.4. The number of hydrogen-bond acceptors (Lipinski definition) is 3. The third-order valence-corrected chi connectivity index (χ3v) is 4.03. The molecule has 2 amide bonds. The van der Waals surface area contributed by atoms with Gasteiger partial charge in [-0.1, -0.05) is 18.2 Å². The number of hydrogen-bond donors (Lipinski definition) is 1. The van der Waals surface area contributed by atoms with E-state index in [1.165, 1.54) is 16.0 Å². The molecule has 1 saturated heterocycles. The summed E-state index contributed by atoms with van der Waals surface area (Å²) in [5.74, 6) is -0.101. The zero-order valence-corrected chi connectivity index (χ0v) is 12.4. The summed E-state index contributed by atoms with van der Waals surface area (Å²) in [6, 6.07) is 6.24. The van der Waals surface area contributed by atoms with E-state index in [1.54, 1.807) is 0 Å². The maximum atomic E-state index is 11.9. The minimum Gasteiger partial charge on any atom is -0.312 e. The second-order valence-corrected chi connectivity index (χ2v) is 5.44. The molecule has 0 bridgehead atoms. The Bertz CT molecular complexity index is 509. The van der Waals surface area contributed by atoms with Crippen molar-refractivity contribution in [1.82, 2.24) is 10.2 Å². The summed E-state index contributed by atoms with van der Waals surface area (Å²) >= 11 is 0.